The Bertz CT molecular complexity index is 233. The van der Waals surface area contributed by atoms with Crippen molar-refractivity contribution in [3.63, 3.8) is 0 Å². The molecule has 1 rings (SSSR count). The first-order chi connectivity index (χ1) is 5.74. The molecule has 0 atom stereocenters. The average molecular weight is 230 g/mol. The first-order valence-corrected chi connectivity index (χ1v) is 5.15. The highest BCUT2D eigenvalue weighted by molar-refractivity contribution is 9.10. The van der Waals surface area contributed by atoms with Crippen LogP contribution in [-0.2, 0) is 6.42 Å². The third-order valence-corrected chi connectivity index (χ3v) is 1.98. The van der Waals surface area contributed by atoms with Gasteiger partial charge in [0, 0.05) is 5.69 Å². The Balaban J connectivity index is 0.000000561. The molecule has 0 aliphatic heterocycles. The number of hydrogen-bond acceptors (Lipinski definition) is 1. The second-order valence-electron chi connectivity index (χ2n) is 2.23. The monoisotopic (exact) mass is 229 g/mol. The van der Waals surface area contributed by atoms with Gasteiger partial charge >= 0.3 is 0 Å². The van der Waals surface area contributed by atoms with E-state index in [-0.39, 0.29) is 0 Å². The molecule has 0 aliphatic carbocycles. The molecule has 0 radical (unpaired) electrons. The highest BCUT2D eigenvalue weighted by atomic mass is 79.9. The maximum atomic E-state index is 4.26. The van der Waals surface area contributed by atoms with Gasteiger partial charge in [0.15, 0.2) is 0 Å². The van der Waals surface area contributed by atoms with Gasteiger partial charge in [0.25, 0.3) is 0 Å². The summed E-state index contributed by atoms with van der Waals surface area (Å²) >= 11 is 3.31. The number of pyridine rings is 1. The topological polar surface area (TPSA) is 12.9 Å². The van der Waals surface area contributed by atoms with Crippen LogP contribution in [0.2, 0.25) is 0 Å². The summed E-state index contributed by atoms with van der Waals surface area (Å²) in [6.07, 6.45) is 1.06. The van der Waals surface area contributed by atoms with Crippen LogP contribution in [0.15, 0.2) is 16.7 Å². The lowest BCUT2D eigenvalue weighted by Gasteiger charge is -2.00. The molecule has 0 aliphatic rings. The normalized spacial score (nSPS) is 8.75. The Morgan fingerprint density at radius 1 is 1.33 bits per heavy atom. The number of aryl methyl sites for hydroxylation is 2. The summed E-state index contributed by atoms with van der Waals surface area (Å²) in [4.78, 5) is 4.26. The van der Waals surface area contributed by atoms with E-state index in [2.05, 4.69) is 33.9 Å². The lowest BCUT2D eigenvalue weighted by molar-refractivity contribution is 1.04. The van der Waals surface area contributed by atoms with E-state index in [1.807, 2.05) is 26.8 Å². The third-order valence-electron chi connectivity index (χ3n) is 1.54. The van der Waals surface area contributed by atoms with Crippen molar-refractivity contribution >= 4 is 15.9 Å². The van der Waals surface area contributed by atoms with Gasteiger partial charge in [0.2, 0.25) is 0 Å². The fourth-order valence-corrected chi connectivity index (χ4v) is 1.33. The molecule has 12 heavy (non-hydrogen) atoms. The van der Waals surface area contributed by atoms with Gasteiger partial charge in [-0.1, -0.05) is 26.8 Å². The van der Waals surface area contributed by atoms with E-state index >= 15 is 0 Å². The lowest BCUT2D eigenvalue weighted by Crippen LogP contribution is -1.89. The minimum atomic E-state index is 0.919. The van der Waals surface area contributed by atoms with Crippen molar-refractivity contribution in [1.29, 1.82) is 0 Å². The van der Waals surface area contributed by atoms with Crippen molar-refractivity contribution in [3.05, 3.63) is 28.0 Å². The first-order valence-electron chi connectivity index (χ1n) is 4.36. The molecule has 0 saturated carbocycles. The summed E-state index contributed by atoms with van der Waals surface area (Å²) in [5.41, 5.74) is 2.44. The van der Waals surface area contributed by atoms with Crippen LogP contribution in [0.4, 0.5) is 0 Å². The van der Waals surface area contributed by atoms with Gasteiger partial charge in [-0.05, 0) is 40.9 Å². The Labute approximate surface area is 83.3 Å². The molecule has 0 aromatic carbocycles. The zero-order valence-electron chi connectivity index (χ0n) is 8.19. The summed E-state index contributed by atoms with van der Waals surface area (Å²) in [6, 6.07) is 4.08. The summed E-state index contributed by atoms with van der Waals surface area (Å²) < 4.78 is 0.919. The second-order valence-corrected chi connectivity index (χ2v) is 3.04. The fraction of sp³-hybridized carbons (Fsp3) is 0.500. The quantitative estimate of drug-likeness (QED) is 0.669. The van der Waals surface area contributed by atoms with Gasteiger partial charge in [0.1, 0.15) is 4.60 Å². The van der Waals surface area contributed by atoms with Crippen molar-refractivity contribution in [2.75, 3.05) is 0 Å². The smallest absolute Gasteiger partial charge is 0.106 e. The van der Waals surface area contributed by atoms with Crippen LogP contribution in [0.1, 0.15) is 32.0 Å². The molecule has 0 unspecified atom stereocenters. The lowest BCUT2D eigenvalue weighted by atomic mass is 10.2. The van der Waals surface area contributed by atoms with Crippen LogP contribution in [-0.4, -0.2) is 4.98 Å². The van der Waals surface area contributed by atoms with Crippen molar-refractivity contribution < 1.29 is 0 Å². The molecule has 2 heteroatoms. The number of nitrogens with zero attached hydrogens (tertiary/aromatic N) is 1. The predicted octanol–water partition coefficient (Wildman–Crippen LogP) is 3.74. The van der Waals surface area contributed by atoms with Crippen LogP contribution >= 0.6 is 15.9 Å². The van der Waals surface area contributed by atoms with E-state index in [1.54, 1.807) is 0 Å². The SMILES string of the molecule is CC.CCc1ccc(Br)nc1C. The van der Waals surface area contributed by atoms with Crippen molar-refractivity contribution in [1.82, 2.24) is 4.98 Å². The minimum Gasteiger partial charge on any atom is -0.246 e. The molecule has 68 valence electrons. The minimum absolute atomic E-state index is 0.919. The summed E-state index contributed by atoms with van der Waals surface area (Å²) in [7, 11) is 0. The van der Waals surface area contributed by atoms with Gasteiger partial charge < -0.3 is 0 Å². The molecule has 0 amide bonds. The highest BCUT2D eigenvalue weighted by Gasteiger charge is 1.95. The van der Waals surface area contributed by atoms with Crippen LogP contribution in [0.3, 0.4) is 0 Å². The van der Waals surface area contributed by atoms with E-state index in [9.17, 15) is 0 Å². The van der Waals surface area contributed by atoms with E-state index in [1.165, 1.54) is 5.56 Å². The molecule has 0 spiro atoms. The molecule has 1 aromatic heterocycles. The molecule has 1 heterocycles. The molecule has 0 bridgehead atoms. The molecule has 1 nitrogen and oxygen atoms in total. The summed E-state index contributed by atoms with van der Waals surface area (Å²) in [5, 5.41) is 0. The largest absolute Gasteiger partial charge is 0.246 e. The Kier molecular flexibility index (Phi) is 5.99. The Morgan fingerprint density at radius 2 is 1.92 bits per heavy atom. The fourth-order valence-electron chi connectivity index (χ4n) is 0.933. The average Bonchev–Trinajstić information content (AvgIpc) is 2.08. The van der Waals surface area contributed by atoms with Gasteiger partial charge in [-0.2, -0.15) is 0 Å². The third kappa shape index (κ3) is 3.35. The molecule has 0 saturated heterocycles. The van der Waals surface area contributed by atoms with Gasteiger partial charge in [-0.25, -0.2) is 4.98 Å². The van der Waals surface area contributed by atoms with Gasteiger partial charge in [0.05, 0.1) is 0 Å². The standard InChI is InChI=1S/C8H10BrN.C2H6/c1-3-7-4-5-8(9)10-6(7)2;1-2/h4-5H,3H2,1-2H3;1-2H3. The van der Waals surface area contributed by atoms with Gasteiger partial charge in [-0.15, -0.1) is 0 Å². The summed E-state index contributed by atoms with van der Waals surface area (Å²) in [5.74, 6) is 0. The van der Waals surface area contributed by atoms with Crippen molar-refractivity contribution in [2.45, 2.75) is 34.1 Å². The number of hydrogen-bond donors (Lipinski definition) is 0. The van der Waals surface area contributed by atoms with E-state index < -0.39 is 0 Å². The zero-order chi connectivity index (χ0) is 9.56. The maximum Gasteiger partial charge on any atom is 0.106 e. The van der Waals surface area contributed by atoms with Crippen LogP contribution in [0.25, 0.3) is 0 Å². The summed E-state index contributed by atoms with van der Waals surface area (Å²) in [6.45, 7) is 8.17. The highest BCUT2D eigenvalue weighted by Crippen LogP contribution is 2.11. The van der Waals surface area contributed by atoms with Gasteiger partial charge in [-0.3, -0.25) is 0 Å². The maximum absolute atomic E-state index is 4.26. The van der Waals surface area contributed by atoms with Crippen LogP contribution in [0, 0.1) is 6.92 Å². The Hall–Kier alpha value is -0.370. The Morgan fingerprint density at radius 3 is 2.33 bits per heavy atom. The molecule has 1 aromatic rings. The molecular formula is C10H16BrN. The molecule has 0 fully saturated rings. The molecular weight excluding hydrogens is 214 g/mol. The van der Waals surface area contributed by atoms with E-state index in [4.69, 9.17) is 0 Å². The van der Waals surface area contributed by atoms with Crippen LogP contribution < -0.4 is 0 Å². The van der Waals surface area contributed by atoms with Crippen LogP contribution in [0.5, 0.6) is 0 Å². The van der Waals surface area contributed by atoms with E-state index in [0.29, 0.717) is 0 Å². The molecule has 0 N–H and O–H groups in total. The number of halogens is 1. The second kappa shape index (κ2) is 6.18. The zero-order valence-corrected chi connectivity index (χ0v) is 9.77. The van der Waals surface area contributed by atoms with E-state index in [0.717, 1.165) is 16.7 Å². The predicted molar refractivity (Wildman–Crippen MR) is 57.4 cm³/mol. The number of rotatable bonds is 1. The number of aromatic nitrogens is 1. The van der Waals surface area contributed by atoms with Crippen molar-refractivity contribution in [2.24, 2.45) is 0 Å². The van der Waals surface area contributed by atoms with Crippen molar-refractivity contribution in [3.8, 4) is 0 Å². The first kappa shape index (κ1) is 11.6.